The van der Waals surface area contributed by atoms with Gasteiger partial charge in [0.1, 0.15) is 11.6 Å². The van der Waals surface area contributed by atoms with E-state index < -0.39 is 0 Å². The summed E-state index contributed by atoms with van der Waals surface area (Å²) in [5.41, 5.74) is 2.67. The number of hydrogen-bond acceptors (Lipinski definition) is 5. The smallest absolute Gasteiger partial charge is 0.255 e. The number of carbonyl (C=O) groups is 1. The molecule has 1 aromatic heterocycles. The molecule has 27 heavy (non-hydrogen) atoms. The summed E-state index contributed by atoms with van der Waals surface area (Å²) in [7, 11) is 0. The first-order valence-corrected chi connectivity index (χ1v) is 8.57. The second kappa shape index (κ2) is 8.27. The van der Waals surface area contributed by atoms with Crippen molar-refractivity contribution in [2.24, 2.45) is 0 Å². The van der Waals surface area contributed by atoms with Crippen LogP contribution in [0.5, 0.6) is 0 Å². The zero-order valence-electron chi connectivity index (χ0n) is 15.1. The standard InChI is InChI=1S/C20H20FN5O/c1-3-22-18-12-13(2)23-20(26-18)25-17-10-8-16(9-11-17)24-19(27)14-4-6-15(21)7-5-14/h4-12H,3H2,1-2H3,(H,24,27)(H2,22,23,25,26). The van der Waals surface area contributed by atoms with E-state index in [2.05, 4.69) is 25.9 Å². The van der Waals surface area contributed by atoms with Crippen molar-refractivity contribution in [1.29, 1.82) is 0 Å². The Bertz CT molecular complexity index is 926. The van der Waals surface area contributed by atoms with Crippen LogP contribution in [-0.4, -0.2) is 22.4 Å². The highest BCUT2D eigenvalue weighted by Gasteiger charge is 2.07. The van der Waals surface area contributed by atoms with E-state index in [4.69, 9.17) is 0 Å². The highest BCUT2D eigenvalue weighted by molar-refractivity contribution is 6.04. The molecule has 3 N–H and O–H groups in total. The second-order valence-electron chi connectivity index (χ2n) is 5.91. The molecule has 3 rings (SSSR count). The number of rotatable bonds is 6. The largest absolute Gasteiger partial charge is 0.370 e. The Kier molecular flexibility index (Phi) is 5.61. The van der Waals surface area contributed by atoms with Gasteiger partial charge >= 0.3 is 0 Å². The van der Waals surface area contributed by atoms with E-state index in [1.807, 2.05) is 32.0 Å². The molecule has 7 heteroatoms. The molecular formula is C20H20FN5O. The first-order valence-electron chi connectivity index (χ1n) is 8.57. The van der Waals surface area contributed by atoms with Gasteiger partial charge in [-0.2, -0.15) is 4.98 Å². The molecule has 0 unspecified atom stereocenters. The van der Waals surface area contributed by atoms with Gasteiger partial charge in [-0.15, -0.1) is 0 Å². The molecule has 0 saturated carbocycles. The molecule has 1 heterocycles. The maximum Gasteiger partial charge on any atom is 0.255 e. The lowest BCUT2D eigenvalue weighted by Gasteiger charge is -2.10. The van der Waals surface area contributed by atoms with Gasteiger partial charge < -0.3 is 16.0 Å². The number of benzene rings is 2. The Morgan fingerprint density at radius 3 is 2.33 bits per heavy atom. The predicted molar refractivity (Wildman–Crippen MR) is 105 cm³/mol. The van der Waals surface area contributed by atoms with E-state index in [1.165, 1.54) is 24.3 Å². The fraction of sp³-hybridized carbons (Fsp3) is 0.150. The average Bonchev–Trinajstić information content (AvgIpc) is 2.64. The highest BCUT2D eigenvalue weighted by atomic mass is 19.1. The van der Waals surface area contributed by atoms with E-state index in [9.17, 15) is 9.18 Å². The van der Waals surface area contributed by atoms with Crippen LogP contribution in [0.25, 0.3) is 0 Å². The fourth-order valence-electron chi connectivity index (χ4n) is 2.47. The van der Waals surface area contributed by atoms with E-state index in [1.54, 1.807) is 12.1 Å². The molecule has 2 aromatic carbocycles. The lowest BCUT2D eigenvalue weighted by molar-refractivity contribution is 0.102. The summed E-state index contributed by atoms with van der Waals surface area (Å²) < 4.78 is 12.9. The van der Waals surface area contributed by atoms with Crippen LogP contribution in [0.2, 0.25) is 0 Å². The molecule has 138 valence electrons. The number of nitrogens with one attached hydrogen (secondary N) is 3. The van der Waals surface area contributed by atoms with Crippen molar-refractivity contribution < 1.29 is 9.18 Å². The Morgan fingerprint density at radius 2 is 1.67 bits per heavy atom. The Morgan fingerprint density at radius 1 is 1.00 bits per heavy atom. The minimum atomic E-state index is -0.377. The molecule has 0 spiro atoms. The Balaban J connectivity index is 1.67. The molecule has 0 aliphatic heterocycles. The molecule has 0 bridgehead atoms. The van der Waals surface area contributed by atoms with Gasteiger partial charge in [0.2, 0.25) is 5.95 Å². The summed E-state index contributed by atoms with van der Waals surface area (Å²) in [4.78, 5) is 20.9. The van der Waals surface area contributed by atoms with Crippen LogP contribution in [0.1, 0.15) is 23.0 Å². The maximum absolute atomic E-state index is 12.9. The molecule has 0 aliphatic carbocycles. The van der Waals surface area contributed by atoms with Crippen LogP contribution < -0.4 is 16.0 Å². The molecule has 0 atom stereocenters. The first kappa shape index (κ1) is 18.3. The highest BCUT2D eigenvalue weighted by Crippen LogP contribution is 2.19. The van der Waals surface area contributed by atoms with Gasteiger partial charge in [-0.05, 0) is 62.4 Å². The van der Waals surface area contributed by atoms with E-state index in [0.717, 1.165) is 23.7 Å². The molecule has 3 aromatic rings. The van der Waals surface area contributed by atoms with Crippen molar-refractivity contribution in [1.82, 2.24) is 9.97 Å². The van der Waals surface area contributed by atoms with Gasteiger partial charge in [0, 0.05) is 35.2 Å². The van der Waals surface area contributed by atoms with Crippen LogP contribution in [0.3, 0.4) is 0 Å². The van der Waals surface area contributed by atoms with Crippen molar-refractivity contribution in [3.8, 4) is 0 Å². The van der Waals surface area contributed by atoms with E-state index in [-0.39, 0.29) is 11.7 Å². The second-order valence-corrected chi connectivity index (χ2v) is 5.91. The average molecular weight is 365 g/mol. The summed E-state index contributed by atoms with van der Waals surface area (Å²) in [6.45, 7) is 4.68. The van der Waals surface area contributed by atoms with Gasteiger partial charge in [0.15, 0.2) is 0 Å². The number of amides is 1. The number of hydrogen-bond donors (Lipinski definition) is 3. The van der Waals surface area contributed by atoms with Crippen LogP contribution in [0, 0.1) is 12.7 Å². The Labute approximate surface area is 156 Å². The van der Waals surface area contributed by atoms with Crippen molar-refractivity contribution in [3.63, 3.8) is 0 Å². The third-order valence-corrected chi connectivity index (χ3v) is 3.72. The summed E-state index contributed by atoms with van der Waals surface area (Å²) in [5, 5.41) is 9.08. The molecule has 0 fully saturated rings. The van der Waals surface area contributed by atoms with Gasteiger partial charge in [0.25, 0.3) is 5.91 Å². The Hall–Kier alpha value is -3.48. The molecule has 1 amide bonds. The maximum atomic E-state index is 12.9. The number of anilines is 4. The minimum Gasteiger partial charge on any atom is -0.370 e. The molecule has 6 nitrogen and oxygen atoms in total. The first-order chi connectivity index (χ1) is 13.0. The third kappa shape index (κ3) is 5.01. The van der Waals surface area contributed by atoms with Crippen LogP contribution >= 0.6 is 0 Å². The van der Waals surface area contributed by atoms with Crippen molar-refractivity contribution >= 4 is 29.0 Å². The summed E-state index contributed by atoms with van der Waals surface area (Å²) >= 11 is 0. The molecular weight excluding hydrogens is 345 g/mol. The van der Waals surface area contributed by atoms with E-state index in [0.29, 0.717) is 17.2 Å². The van der Waals surface area contributed by atoms with Crippen molar-refractivity contribution in [3.05, 3.63) is 71.7 Å². The summed E-state index contributed by atoms with van der Waals surface area (Å²) in [6.07, 6.45) is 0. The third-order valence-electron chi connectivity index (χ3n) is 3.72. The van der Waals surface area contributed by atoms with Crippen LogP contribution in [-0.2, 0) is 0 Å². The summed E-state index contributed by atoms with van der Waals surface area (Å²) in [5.74, 6) is 0.579. The van der Waals surface area contributed by atoms with E-state index >= 15 is 0 Å². The lowest BCUT2D eigenvalue weighted by Crippen LogP contribution is -2.11. The predicted octanol–water partition coefficient (Wildman–Crippen LogP) is 4.35. The van der Waals surface area contributed by atoms with Gasteiger partial charge in [0.05, 0.1) is 0 Å². The number of nitrogens with zero attached hydrogens (tertiary/aromatic N) is 2. The van der Waals surface area contributed by atoms with Crippen LogP contribution in [0.15, 0.2) is 54.6 Å². The zero-order valence-corrected chi connectivity index (χ0v) is 15.1. The topological polar surface area (TPSA) is 78.9 Å². The fourth-order valence-corrected chi connectivity index (χ4v) is 2.47. The van der Waals surface area contributed by atoms with Crippen molar-refractivity contribution in [2.75, 3.05) is 22.5 Å². The number of aromatic nitrogens is 2. The SMILES string of the molecule is CCNc1cc(C)nc(Nc2ccc(NC(=O)c3ccc(F)cc3)cc2)n1. The number of carbonyl (C=O) groups excluding carboxylic acids is 1. The normalized spacial score (nSPS) is 10.3. The summed E-state index contributed by atoms with van der Waals surface area (Å²) in [6, 6.07) is 14.4. The van der Waals surface area contributed by atoms with Gasteiger partial charge in [-0.25, -0.2) is 9.37 Å². The zero-order chi connectivity index (χ0) is 19.2. The quantitative estimate of drug-likeness (QED) is 0.605. The van der Waals surface area contributed by atoms with Crippen molar-refractivity contribution in [2.45, 2.75) is 13.8 Å². The number of halogens is 1. The van der Waals surface area contributed by atoms with Crippen LogP contribution in [0.4, 0.5) is 27.5 Å². The molecule has 0 aliphatic rings. The van der Waals surface area contributed by atoms with Gasteiger partial charge in [-0.1, -0.05) is 0 Å². The monoisotopic (exact) mass is 365 g/mol. The van der Waals surface area contributed by atoms with Gasteiger partial charge in [-0.3, -0.25) is 4.79 Å². The lowest BCUT2D eigenvalue weighted by atomic mass is 10.2. The molecule has 0 saturated heterocycles. The number of aryl methyl sites for hydroxylation is 1. The molecule has 0 radical (unpaired) electrons. The minimum absolute atomic E-state index is 0.298.